The molecule has 0 saturated carbocycles. The quantitative estimate of drug-likeness (QED) is 0.857. The van der Waals surface area contributed by atoms with E-state index in [1.54, 1.807) is 18.2 Å². The summed E-state index contributed by atoms with van der Waals surface area (Å²) in [4.78, 5) is 36.7. The first-order chi connectivity index (χ1) is 8.91. The van der Waals surface area contributed by atoms with Gasteiger partial charge in [-0.2, -0.15) is 0 Å². The van der Waals surface area contributed by atoms with Gasteiger partial charge in [0.15, 0.2) is 0 Å². The Morgan fingerprint density at radius 3 is 2.68 bits per heavy atom. The maximum Gasteiger partial charge on any atom is 0.299 e. The molecule has 1 aliphatic rings. The summed E-state index contributed by atoms with van der Waals surface area (Å²) in [5.41, 5.74) is 0.799. The van der Waals surface area contributed by atoms with Gasteiger partial charge in [0.05, 0.1) is 11.3 Å². The van der Waals surface area contributed by atoms with E-state index >= 15 is 0 Å². The van der Waals surface area contributed by atoms with E-state index in [1.807, 2.05) is 13.8 Å². The Morgan fingerprint density at radius 1 is 1.37 bits per heavy atom. The summed E-state index contributed by atoms with van der Waals surface area (Å²) in [6.45, 7) is 3.51. The summed E-state index contributed by atoms with van der Waals surface area (Å²) in [6, 6.07) is 4.99. The van der Waals surface area contributed by atoms with E-state index in [2.05, 4.69) is 21.2 Å². The first kappa shape index (κ1) is 13.7. The lowest BCUT2D eigenvalue weighted by Crippen LogP contribution is -2.42. The molecule has 0 unspecified atom stereocenters. The maximum atomic E-state index is 11.9. The third-order valence-electron chi connectivity index (χ3n) is 2.69. The van der Waals surface area contributed by atoms with Crippen molar-refractivity contribution in [1.29, 1.82) is 0 Å². The number of ketones is 1. The molecule has 0 aliphatic carbocycles. The molecule has 2 amide bonds. The Balaban J connectivity index is 2.31. The number of amides is 2. The molecule has 1 aliphatic heterocycles. The minimum Gasteiger partial charge on any atom is -0.352 e. The second-order valence-corrected chi connectivity index (χ2v) is 5.43. The maximum absolute atomic E-state index is 11.9. The highest BCUT2D eigenvalue weighted by Crippen LogP contribution is 2.35. The normalized spacial score (nSPS) is 14.0. The fourth-order valence-corrected chi connectivity index (χ4v) is 2.55. The van der Waals surface area contributed by atoms with Gasteiger partial charge in [0.25, 0.3) is 11.7 Å². The third-order valence-corrected chi connectivity index (χ3v) is 3.33. The first-order valence-electron chi connectivity index (χ1n) is 5.86. The standard InChI is InChI=1S/C13H13BrN2O3/c1-7(2)15-10(17)6-16-11-8(12(18)13(16)19)4-3-5-9(11)14/h3-5,7H,6H2,1-2H3,(H,15,17). The fraction of sp³-hybridized carbons (Fsp3) is 0.308. The van der Waals surface area contributed by atoms with Crippen LogP contribution in [0.15, 0.2) is 22.7 Å². The van der Waals surface area contributed by atoms with Crippen LogP contribution in [0.4, 0.5) is 5.69 Å². The molecule has 1 heterocycles. The minimum absolute atomic E-state index is 0.0143. The molecule has 0 aromatic heterocycles. The van der Waals surface area contributed by atoms with Crippen LogP contribution in [0.1, 0.15) is 24.2 Å². The molecule has 6 heteroatoms. The summed E-state index contributed by atoms with van der Waals surface area (Å²) in [6.07, 6.45) is 0. The zero-order valence-electron chi connectivity index (χ0n) is 10.6. The molecule has 1 N–H and O–H groups in total. The molecule has 0 bridgehead atoms. The highest BCUT2D eigenvalue weighted by molar-refractivity contribution is 9.10. The number of benzene rings is 1. The molecule has 0 fully saturated rings. The number of fused-ring (bicyclic) bond motifs is 1. The fourth-order valence-electron chi connectivity index (χ4n) is 1.97. The van der Waals surface area contributed by atoms with Gasteiger partial charge in [0.2, 0.25) is 5.91 Å². The smallest absolute Gasteiger partial charge is 0.299 e. The third kappa shape index (κ3) is 2.53. The zero-order chi connectivity index (χ0) is 14.2. The van der Waals surface area contributed by atoms with Gasteiger partial charge in [-0.1, -0.05) is 6.07 Å². The van der Waals surface area contributed by atoms with Crippen LogP contribution >= 0.6 is 15.9 Å². The number of Topliss-reactive ketones (excluding diaryl/α,β-unsaturated/α-hetero) is 1. The van der Waals surface area contributed by atoms with E-state index < -0.39 is 11.7 Å². The Kier molecular flexibility index (Phi) is 3.71. The molecule has 100 valence electrons. The van der Waals surface area contributed by atoms with Gasteiger partial charge in [-0.3, -0.25) is 19.3 Å². The highest BCUT2D eigenvalue weighted by Gasteiger charge is 2.38. The molecular formula is C13H13BrN2O3. The van der Waals surface area contributed by atoms with Gasteiger partial charge in [-0.25, -0.2) is 0 Å². The van der Waals surface area contributed by atoms with Crippen molar-refractivity contribution in [3.63, 3.8) is 0 Å². The summed E-state index contributed by atoms with van der Waals surface area (Å²) >= 11 is 3.31. The van der Waals surface area contributed by atoms with Gasteiger partial charge < -0.3 is 5.32 Å². The lowest BCUT2D eigenvalue weighted by molar-refractivity contribution is -0.122. The molecule has 1 aromatic carbocycles. The summed E-state index contributed by atoms with van der Waals surface area (Å²) in [5.74, 6) is -1.53. The highest BCUT2D eigenvalue weighted by atomic mass is 79.9. The number of nitrogens with one attached hydrogen (secondary N) is 1. The van der Waals surface area contributed by atoms with Crippen molar-refractivity contribution in [2.24, 2.45) is 0 Å². The topological polar surface area (TPSA) is 66.5 Å². The van der Waals surface area contributed by atoms with Crippen molar-refractivity contribution < 1.29 is 14.4 Å². The monoisotopic (exact) mass is 324 g/mol. The van der Waals surface area contributed by atoms with E-state index in [0.29, 0.717) is 15.7 Å². The number of carbonyl (C=O) groups is 3. The average molecular weight is 325 g/mol. The van der Waals surface area contributed by atoms with Crippen molar-refractivity contribution in [3.05, 3.63) is 28.2 Å². The van der Waals surface area contributed by atoms with Crippen LogP contribution in [0.2, 0.25) is 0 Å². The largest absolute Gasteiger partial charge is 0.352 e. The molecule has 0 atom stereocenters. The number of hydrogen-bond acceptors (Lipinski definition) is 3. The van der Waals surface area contributed by atoms with Crippen LogP contribution in [0, 0.1) is 0 Å². The van der Waals surface area contributed by atoms with Crippen molar-refractivity contribution in [1.82, 2.24) is 5.32 Å². The van der Waals surface area contributed by atoms with Gasteiger partial charge >= 0.3 is 0 Å². The predicted octanol–water partition coefficient (Wildman–Crippen LogP) is 1.50. The number of rotatable bonds is 3. The van der Waals surface area contributed by atoms with E-state index in [-0.39, 0.29) is 18.5 Å². The van der Waals surface area contributed by atoms with Gasteiger partial charge in [0.1, 0.15) is 6.54 Å². The molecule has 0 spiro atoms. The second kappa shape index (κ2) is 5.13. The van der Waals surface area contributed by atoms with Crippen molar-refractivity contribution in [2.75, 3.05) is 11.4 Å². The lowest BCUT2D eigenvalue weighted by atomic mass is 10.1. The first-order valence-corrected chi connectivity index (χ1v) is 6.65. The Bertz CT molecular complexity index is 569. The van der Waals surface area contributed by atoms with Crippen LogP contribution in [0.3, 0.4) is 0 Å². The van der Waals surface area contributed by atoms with Crippen LogP contribution in [0.5, 0.6) is 0 Å². The van der Waals surface area contributed by atoms with E-state index in [9.17, 15) is 14.4 Å². The summed E-state index contributed by atoms with van der Waals surface area (Å²) in [5, 5.41) is 2.70. The van der Waals surface area contributed by atoms with E-state index in [0.717, 1.165) is 0 Å². The SMILES string of the molecule is CC(C)NC(=O)CN1C(=O)C(=O)c2cccc(Br)c21. The van der Waals surface area contributed by atoms with E-state index in [4.69, 9.17) is 0 Å². The summed E-state index contributed by atoms with van der Waals surface area (Å²) < 4.78 is 0.626. The zero-order valence-corrected chi connectivity index (χ0v) is 12.2. The molecule has 5 nitrogen and oxygen atoms in total. The van der Waals surface area contributed by atoms with Crippen LogP contribution in [-0.4, -0.2) is 30.2 Å². The molecule has 2 rings (SSSR count). The number of halogens is 1. The lowest BCUT2D eigenvalue weighted by Gasteiger charge is -2.18. The Labute approximate surface area is 119 Å². The van der Waals surface area contributed by atoms with E-state index in [1.165, 1.54) is 4.90 Å². The number of anilines is 1. The van der Waals surface area contributed by atoms with Gasteiger partial charge in [-0.05, 0) is 41.9 Å². The van der Waals surface area contributed by atoms with Crippen molar-refractivity contribution in [2.45, 2.75) is 19.9 Å². The summed E-state index contributed by atoms with van der Waals surface area (Å²) in [7, 11) is 0. The van der Waals surface area contributed by atoms with Crippen molar-refractivity contribution in [3.8, 4) is 0 Å². The molecule has 1 aromatic rings. The van der Waals surface area contributed by atoms with Crippen LogP contribution < -0.4 is 10.2 Å². The number of nitrogens with zero attached hydrogens (tertiary/aromatic N) is 1. The Hall–Kier alpha value is -1.69. The molecule has 19 heavy (non-hydrogen) atoms. The molecule has 0 saturated heterocycles. The second-order valence-electron chi connectivity index (χ2n) is 4.58. The Morgan fingerprint density at radius 2 is 2.05 bits per heavy atom. The van der Waals surface area contributed by atoms with Crippen LogP contribution in [0.25, 0.3) is 0 Å². The van der Waals surface area contributed by atoms with Crippen molar-refractivity contribution >= 4 is 39.2 Å². The van der Waals surface area contributed by atoms with Gasteiger partial charge in [0, 0.05) is 10.5 Å². The number of carbonyl (C=O) groups excluding carboxylic acids is 3. The molecule has 0 radical (unpaired) electrons. The minimum atomic E-state index is -0.666. The number of para-hydroxylation sites is 1. The number of hydrogen-bond donors (Lipinski definition) is 1. The van der Waals surface area contributed by atoms with Crippen LogP contribution in [-0.2, 0) is 9.59 Å². The predicted molar refractivity (Wildman–Crippen MR) is 74.1 cm³/mol. The van der Waals surface area contributed by atoms with Gasteiger partial charge in [-0.15, -0.1) is 0 Å². The average Bonchev–Trinajstić information content (AvgIpc) is 2.55. The molecular weight excluding hydrogens is 312 g/mol.